The van der Waals surface area contributed by atoms with Crippen LogP contribution in [0.3, 0.4) is 0 Å². The molecule has 0 radical (unpaired) electrons. The van der Waals surface area contributed by atoms with Crippen LogP contribution in [0.4, 0.5) is 0 Å². The van der Waals surface area contributed by atoms with Crippen LogP contribution < -0.4 is 0 Å². The highest BCUT2D eigenvalue weighted by molar-refractivity contribution is 5.96. The van der Waals surface area contributed by atoms with Crippen molar-refractivity contribution in [3.05, 3.63) is 11.6 Å². The molecule has 6 atom stereocenters. The zero-order chi connectivity index (χ0) is 15.3. The minimum absolute atomic E-state index is 0.0557. The Bertz CT molecular complexity index is 512. The summed E-state index contributed by atoms with van der Waals surface area (Å²) in [5.41, 5.74) is 2.65. The predicted octanol–water partition coefficient (Wildman–Crippen LogP) is 4.14. The fraction of sp³-hybridized carbons (Fsp3) is 0.842. The van der Waals surface area contributed by atoms with Gasteiger partial charge in [-0.05, 0) is 93.0 Å². The van der Waals surface area contributed by atoms with Gasteiger partial charge in [0.05, 0.1) is 11.8 Å². The van der Waals surface area contributed by atoms with E-state index in [0.29, 0.717) is 0 Å². The predicted molar refractivity (Wildman–Crippen MR) is 86.9 cm³/mol. The average Bonchev–Trinajstić information content (AvgIpc) is 2.91. The maximum absolute atomic E-state index is 10.6. The first kappa shape index (κ1) is 14.7. The van der Waals surface area contributed by atoms with E-state index in [-0.39, 0.29) is 11.5 Å². The summed E-state index contributed by atoms with van der Waals surface area (Å²) in [4.78, 5) is 0. The van der Waals surface area contributed by atoms with Crippen molar-refractivity contribution in [2.24, 2.45) is 34.2 Å². The Balaban J connectivity index is 1.62. The first-order valence-electron chi connectivity index (χ1n) is 9.29. The number of aliphatic hydroxyl groups is 1. The molecular weight excluding hydrogens is 274 g/mol. The summed E-state index contributed by atoms with van der Waals surface area (Å²) < 4.78 is 0. The molecule has 2 N–H and O–H groups in total. The number of rotatable bonds is 1. The first-order chi connectivity index (χ1) is 10.7. The van der Waals surface area contributed by atoms with Crippen molar-refractivity contribution in [2.45, 2.75) is 70.8 Å². The summed E-state index contributed by atoms with van der Waals surface area (Å²) in [6.45, 7) is 2.29. The first-order valence-corrected chi connectivity index (χ1v) is 9.29. The van der Waals surface area contributed by atoms with E-state index in [1.54, 1.807) is 5.57 Å². The van der Waals surface area contributed by atoms with Crippen molar-refractivity contribution < 1.29 is 10.3 Å². The molecule has 22 heavy (non-hydrogen) atoms. The Labute approximate surface area is 133 Å². The summed E-state index contributed by atoms with van der Waals surface area (Å²) in [5.74, 6) is 3.10. The molecule has 122 valence electrons. The van der Waals surface area contributed by atoms with Crippen LogP contribution in [0.1, 0.15) is 64.7 Å². The molecule has 3 fully saturated rings. The summed E-state index contributed by atoms with van der Waals surface area (Å²) in [7, 11) is 0. The van der Waals surface area contributed by atoms with Crippen molar-refractivity contribution in [3.8, 4) is 0 Å². The maximum atomic E-state index is 10.6. The number of nitrogens with zero attached hydrogens (tertiary/aromatic N) is 1. The lowest BCUT2D eigenvalue weighted by Crippen LogP contribution is -2.48. The van der Waals surface area contributed by atoms with Crippen LogP contribution in [-0.4, -0.2) is 22.1 Å². The van der Waals surface area contributed by atoms with E-state index in [4.69, 9.17) is 5.21 Å². The molecule has 4 aliphatic rings. The third-order valence-electron chi connectivity index (χ3n) is 7.77. The summed E-state index contributed by atoms with van der Waals surface area (Å²) in [5, 5.41) is 23.1. The quantitative estimate of drug-likeness (QED) is 0.565. The van der Waals surface area contributed by atoms with E-state index in [9.17, 15) is 5.11 Å². The Morgan fingerprint density at radius 2 is 2.00 bits per heavy atom. The van der Waals surface area contributed by atoms with Gasteiger partial charge < -0.3 is 10.3 Å². The molecule has 0 saturated heterocycles. The van der Waals surface area contributed by atoms with E-state index in [2.05, 4.69) is 18.2 Å². The van der Waals surface area contributed by atoms with Crippen LogP contribution in [-0.2, 0) is 0 Å². The number of aliphatic hydroxyl groups excluding tert-OH is 1. The van der Waals surface area contributed by atoms with Crippen molar-refractivity contribution >= 4 is 5.71 Å². The van der Waals surface area contributed by atoms with Crippen LogP contribution in [0.15, 0.2) is 16.8 Å². The number of fused-ring (bicyclic) bond motifs is 5. The summed E-state index contributed by atoms with van der Waals surface area (Å²) in [6.07, 6.45) is 12.6. The molecule has 0 aromatic heterocycles. The molecule has 0 spiro atoms. The van der Waals surface area contributed by atoms with E-state index in [1.165, 1.54) is 38.5 Å². The van der Waals surface area contributed by atoms with E-state index < -0.39 is 0 Å². The van der Waals surface area contributed by atoms with Gasteiger partial charge in [0.1, 0.15) is 0 Å². The van der Waals surface area contributed by atoms with Crippen molar-refractivity contribution in [3.63, 3.8) is 0 Å². The van der Waals surface area contributed by atoms with Crippen molar-refractivity contribution in [1.29, 1.82) is 0 Å². The smallest absolute Gasteiger partial charge is 0.0795 e. The Hall–Kier alpha value is -0.830. The second-order valence-corrected chi connectivity index (χ2v) is 8.15. The third kappa shape index (κ3) is 1.94. The number of hydrogen-bond acceptors (Lipinski definition) is 3. The minimum atomic E-state index is -0.0557. The Morgan fingerprint density at radius 1 is 1.14 bits per heavy atom. The molecule has 0 aromatic carbocycles. The minimum Gasteiger partial charge on any atom is -0.411 e. The Kier molecular flexibility index (Phi) is 3.60. The van der Waals surface area contributed by atoms with Crippen molar-refractivity contribution in [1.82, 2.24) is 0 Å². The second kappa shape index (κ2) is 5.36. The second-order valence-electron chi connectivity index (χ2n) is 8.15. The molecule has 0 bridgehead atoms. The van der Waals surface area contributed by atoms with Crippen molar-refractivity contribution in [2.75, 3.05) is 0 Å². The molecule has 0 amide bonds. The lowest BCUT2D eigenvalue weighted by Gasteiger charge is -2.54. The number of hydrogen-bond donors (Lipinski definition) is 2. The van der Waals surface area contributed by atoms with Gasteiger partial charge in [0.15, 0.2) is 0 Å². The maximum Gasteiger partial charge on any atom is 0.0795 e. The number of allylic oxidation sites excluding steroid dienone is 2. The van der Waals surface area contributed by atoms with Gasteiger partial charge in [0, 0.05) is 0 Å². The molecule has 4 aliphatic carbocycles. The normalized spacial score (nSPS) is 49.3. The van der Waals surface area contributed by atoms with Crippen LogP contribution in [0.25, 0.3) is 0 Å². The van der Waals surface area contributed by atoms with Gasteiger partial charge >= 0.3 is 0 Å². The average molecular weight is 303 g/mol. The molecule has 3 heteroatoms. The lowest BCUT2D eigenvalue weighted by molar-refractivity contribution is -0.0667. The molecule has 0 heterocycles. The highest BCUT2D eigenvalue weighted by Gasteiger charge is 2.57. The van der Waals surface area contributed by atoms with Gasteiger partial charge in [-0.2, -0.15) is 0 Å². The lowest BCUT2D eigenvalue weighted by atomic mass is 9.51. The van der Waals surface area contributed by atoms with E-state index in [1.807, 2.05) is 0 Å². The topological polar surface area (TPSA) is 52.8 Å². The standard InChI is InChI=1S/C19H29NO2/c1-2-19-10-9-15-14-6-4-13(20-22)11-12(14)3-5-16(15)17(19)7-8-18(19)21/h11,14-18,21-22H,2-10H2,1H3/b20-13+/t14-,15+,16+,17-,18-,19-/m0/s1. The molecule has 0 aliphatic heterocycles. The van der Waals surface area contributed by atoms with Crippen LogP contribution in [0.5, 0.6) is 0 Å². The third-order valence-corrected chi connectivity index (χ3v) is 7.77. The van der Waals surface area contributed by atoms with E-state index >= 15 is 0 Å². The van der Waals surface area contributed by atoms with Gasteiger partial charge in [0.2, 0.25) is 0 Å². The summed E-state index contributed by atoms with van der Waals surface area (Å²) in [6, 6.07) is 0. The van der Waals surface area contributed by atoms with E-state index in [0.717, 1.165) is 48.6 Å². The van der Waals surface area contributed by atoms with Crippen LogP contribution in [0, 0.1) is 29.1 Å². The fourth-order valence-corrected chi connectivity index (χ4v) is 6.73. The Morgan fingerprint density at radius 3 is 2.77 bits per heavy atom. The molecule has 0 unspecified atom stereocenters. The largest absolute Gasteiger partial charge is 0.411 e. The van der Waals surface area contributed by atoms with Crippen LogP contribution in [0.2, 0.25) is 0 Å². The van der Waals surface area contributed by atoms with Gasteiger partial charge in [-0.1, -0.05) is 17.7 Å². The van der Waals surface area contributed by atoms with Gasteiger partial charge in [-0.3, -0.25) is 0 Å². The van der Waals surface area contributed by atoms with Gasteiger partial charge in [-0.25, -0.2) is 0 Å². The zero-order valence-corrected chi connectivity index (χ0v) is 13.7. The molecule has 3 saturated carbocycles. The molecular formula is C19H29NO2. The van der Waals surface area contributed by atoms with Gasteiger partial charge in [-0.15, -0.1) is 0 Å². The number of oxime groups is 1. The summed E-state index contributed by atoms with van der Waals surface area (Å²) >= 11 is 0. The molecule has 4 rings (SSSR count). The zero-order valence-electron chi connectivity index (χ0n) is 13.7. The molecule has 0 aromatic rings. The molecule has 3 nitrogen and oxygen atoms in total. The highest BCUT2D eigenvalue weighted by atomic mass is 16.4. The monoisotopic (exact) mass is 303 g/mol. The van der Waals surface area contributed by atoms with Gasteiger partial charge in [0.25, 0.3) is 0 Å². The highest BCUT2D eigenvalue weighted by Crippen LogP contribution is 2.63. The van der Waals surface area contributed by atoms with Crippen LogP contribution >= 0.6 is 0 Å². The fourth-order valence-electron chi connectivity index (χ4n) is 6.73. The SMILES string of the molecule is CC[C@]12CC[C@H]3[C@@H](CCC4=C/C(=N/O)CC[C@@H]43)[C@@H]1CC[C@@H]2O.